The smallest absolute Gasteiger partial charge is 0.264 e. The molecule has 0 aromatic carbocycles. The van der Waals surface area contributed by atoms with Gasteiger partial charge in [-0.2, -0.15) is 0 Å². The molecular weight excluding hydrogens is 310 g/mol. The van der Waals surface area contributed by atoms with Crippen molar-refractivity contribution in [3.05, 3.63) is 21.4 Å². The van der Waals surface area contributed by atoms with Crippen LogP contribution in [0.5, 0.6) is 0 Å². The Balaban J connectivity index is 2.15. The van der Waals surface area contributed by atoms with Crippen molar-refractivity contribution in [1.29, 1.82) is 0 Å². The van der Waals surface area contributed by atoms with Gasteiger partial charge in [-0.15, -0.1) is 11.3 Å². The van der Waals surface area contributed by atoms with E-state index in [1.54, 1.807) is 11.3 Å². The molecule has 1 amide bonds. The first-order valence-electron chi connectivity index (χ1n) is 6.57. The number of aryl methyl sites for hydroxylation is 2. The van der Waals surface area contributed by atoms with Gasteiger partial charge in [-0.1, -0.05) is 15.9 Å². The van der Waals surface area contributed by atoms with E-state index in [2.05, 4.69) is 34.7 Å². The zero-order valence-electron chi connectivity index (χ0n) is 11.0. The van der Waals surface area contributed by atoms with Gasteiger partial charge < -0.3 is 4.90 Å². The molecule has 2 heterocycles. The molecule has 100 valence electrons. The van der Waals surface area contributed by atoms with Gasteiger partial charge in [0.1, 0.15) is 0 Å². The first-order chi connectivity index (χ1) is 8.63. The summed E-state index contributed by atoms with van der Waals surface area (Å²) in [4.78, 5) is 16.8. The lowest BCUT2D eigenvalue weighted by atomic mass is 10.00. The second-order valence-corrected chi connectivity index (χ2v) is 7.02. The Morgan fingerprint density at radius 3 is 2.89 bits per heavy atom. The summed E-state index contributed by atoms with van der Waals surface area (Å²) in [6.07, 6.45) is 4.62. The Labute approximate surface area is 122 Å². The standard InChI is InChI=1S/C14H20BrNOS/c1-10-9-13(18-11(10)2)14(17)16-8-4-3-5-12(16)6-7-15/h9,12H,3-8H2,1-2H3. The number of piperidine rings is 1. The molecule has 1 aliphatic heterocycles. The molecule has 0 N–H and O–H groups in total. The molecule has 1 aliphatic rings. The van der Waals surface area contributed by atoms with Crippen LogP contribution in [0.4, 0.5) is 0 Å². The second-order valence-electron chi connectivity index (χ2n) is 4.98. The molecule has 0 radical (unpaired) electrons. The Morgan fingerprint density at radius 2 is 2.28 bits per heavy atom. The van der Waals surface area contributed by atoms with Crippen molar-refractivity contribution >= 4 is 33.2 Å². The van der Waals surface area contributed by atoms with Gasteiger partial charge in [0.05, 0.1) is 4.88 Å². The average molecular weight is 330 g/mol. The molecular formula is C14H20BrNOS. The number of hydrogen-bond acceptors (Lipinski definition) is 2. The fraction of sp³-hybridized carbons (Fsp3) is 0.643. The van der Waals surface area contributed by atoms with E-state index in [0.29, 0.717) is 6.04 Å². The normalized spacial score (nSPS) is 20.2. The summed E-state index contributed by atoms with van der Waals surface area (Å²) >= 11 is 5.13. The topological polar surface area (TPSA) is 20.3 Å². The molecule has 1 atom stereocenters. The van der Waals surface area contributed by atoms with Crippen LogP contribution in [0.15, 0.2) is 6.07 Å². The number of nitrogens with zero attached hydrogens (tertiary/aromatic N) is 1. The SMILES string of the molecule is Cc1cc(C(=O)N2CCCCC2CCBr)sc1C. The highest BCUT2D eigenvalue weighted by Gasteiger charge is 2.27. The van der Waals surface area contributed by atoms with Crippen LogP contribution in [0.1, 0.15) is 45.8 Å². The average Bonchev–Trinajstić information content (AvgIpc) is 2.70. The van der Waals surface area contributed by atoms with Crippen molar-refractivity contribution in [3.8, 4) is 0 Å². The molecule has 1 unspecified atom stereocenters. The van der Waals surface area contributed by atoms with Crippen molar-refractivity contribution in [1.82, 2.24) is 4.90 Å². The summed E-state index contributed by atoms with van der Waals surface area (Å²) in [7, 11) is 0. The number of rotatable bonds is 3. The van der Waals surface area contributed by atoms with Crippen LogP contribution in [0.25, 0.3) is 0 Å². The number of alkyl halides is 1. The van der Waals surface area contributed by atoms with E-state index < -0.39 is 0 Å². The molecule has 0 bridgehead atoms. The van der Waals surface area contributed by atoms with Gasteiger partial charge in [0.2, 0.25) is 0 Å². The highest BCUT2D eigenvalue weighted by Crippen LogP contribution is 2.27. The number of amides is 1. The van der Waals surface area contributed by atoms with Gasteiger partial charge in [0.15, 0.2) is 0 Å². The third-order valence-corrected chi connectivity index (χ3v) is 5.31. The third-order valence-electron chi connectivity index (χ3n) is 3.71. The van der Waals surface area contributed by atoms with Gasteiger partial charge in [-0.3, -0.25) is 4.79 Å². The number of carbonyl (C=O) groups is 1. The minimum Gasteiger partial charge on any atom is -0.335 e. The summed E-state index contributed by atoms with van der Waals surface area (Å²) in [6, 6.07) is 2.47. The van der Waals surface area contributed by atoms with Crippen LogP contribution in [-0.4, -0.2) is 28.7 Å². The zero-order valence-corrected chi connectivity index (χ0v) is 13.4. The Kier molecular flexibility index (Phi) is 4.84. The maximum absolute atomic E-state index is 12.6. The van der Waals surface area contributed by atoms with Crippen molar-refractivity contribution in [2.75, 3.05) is 11.9 Å². The lowest BCUT2D eigenvalue weighted by molar-refractivity contribution is 0.0615. The Bertz CT molecular complexity index is 408. The molecule has 1 aromatic heterocycles. The monoisotopic (exact) mass is 329 g/mol. The predicted molar refractivity (Wildman–Crippen MR) is 80.9 cm³/mol. The molecule has 2 rings (SSSR count). The van der Waals surface area contributed by atoms with Crippen LogP contribution in [0.2, 0.25) is 0 Å². The summed E-state index contributed by atoms with van der Waals surface area (Å²) in [5.41, 5.74) is 1.23. The van der Waals surface area contributed by atoms with Crippen LogP contribution >= 0.6 is 27.3 Å². The highest BCUT2D eigenvalue weighted by molar-refractivity contribution is 9.09. The fourth-order valence-corrected chi connectivity index (χ4v) is 4.03. The molecule has 0 spiro atoms. The largest absolute Gasteiger partial charge is 0.335 e. The van der Waals surface area contributed by atoms with E-state index in [1.165, 1.54) is 16.9 Å². The summed E-state index contributed by atoms with van der Waals surface area (Å²) < 4.78 is 0. The zero-order chi connectivity index (χ0) is 13.1. The van der Waals surface area contributed by atoms with Crippen molar-refractivity contribution in [2.45, 2.75) is 45.6 Å². The number of halogens is 1. The molecule has 1 saturated heterocycles. The van der Waals surface area contributed by atoms with E-state index in [1.807, 2.05) is 6.07 Å². The number of likely N-dealkylation sites (tertiary alicyclic amines) is 1. The van der Waals surface area contributed by atoms with E-state index in [4.69, 9.17) is 0 Å². The van der Waals surface area contributed by atoms with E-state index in [0.717, 1.165) is 36.0 Å². The number of hydrogen-bond donors (Lipinski definition) is 0. The first kappa shape index (κ1) is 14.1. The summed E-state index contributed by atoms with van der Waals surface area (Å²) in [5, 5.41) is 0.976. The highest BCUT2D eigenvalue weighted by atomic mass is 79.9. The van der Waals surface area contributed by atoms with Crippen LogP contribution in [-0.2, 0) is 0 Å². The van der Waals surface area contributed by atoms with Crippen molar-refractivity contribution in [3.63, 3.8) is 0 Å². The Morgan fingerprint density at radius 1 is 1.50 bits per heavy atom. The molecule has 2 nitrogen and oxygen atoms in total. The van der Waals surface area contributed by atoms with E-state index >= 15 is 0 Å². The molecule has 1 fully saturated rings. The first-order valence-corrected chi connectivity index (χ1v) is 8.51. The predicted octanol–water partition coefficient (Wildman–Crippen LogP) is 4.14. The lowest BCUT2D eigenvalue weighted by Gasteiger charge is -2.35. The van der Waals surface area contributed by atoms with Crippen molar-refractivity contribution < 1.29 is 4.79 Å². The molecule has 0 saturated carbocycles. The molecule has 4 heteroatoms. The second kappa shape index (κ2) is 6.20. The summed E-state index contributed by atoms with van der Waals surface area (Å²) in [6.45, 7) is 5.09. The molecule has 18 heavy (non-hydrogen) atoms. The van der Waals surface area contributed by atoms with Gasteiger partial charge in [-0.05, 0) is 51.2 Å². The maximum Gasteiger partial charge on any atom is 0.264 e. The van der Waals surface area contributed by atoms with Crippen LogP contribution in [0.3, 0.4) is 0 Å². The molecule has 1 aromatic rings. The minimum atomic E-state index is 0.238. The lowest BCUT2D eigenvalue weighted by Crippen LogP contribution is -2.43. The van der Waals surface area contributed by atoms with Crippen molar-refractivity contribution in [2.24, 2.45) is 0 Å². The van der Waals surface area contributed by atoms with E-state index in [-0.39, 0.29) is 5.91 Å². The quantitative estimate of drug-likeness (QED) is 0.763. The van der Waals surface area contributed by atoms with E-state index in [9.17, 15) is 4.79 Å². The molecule has 0 aliphatic carbocycles. The van der Waals surface area contributed by atoms with Gasteiger partial charge in [-0.25, -0.2) is 0 Å². The van der Waals surface area contributed by atoms with Gasteiger partial charge in [0, 0.05) is 22.8 Å². The maximum atomic E-state index is 12.6. The minimum absolute atomic E-state index is 0.238. The fourth-order valence-electron chi connectivity index (χ4n) is 2.51. The Hall–Kier alpha value is -0.350. The third kappa shape index (κ3) is 2.97. The van der Waals surface area contributed by atoms with Crippen LogP contribution in [0, 0.1) is 13.8 Å². The number of thiophene rings is 1. The van der Waals surface area contributed by atoms with Gasteiger partial charge in [0.25, 0.3) is 5.91 Å². The number of carbonyl (C=O) groups excluding carboxylic acids is 1. The van der Waals surface area contributed by atoms with Gasteiger partial charge >= 0.3 is 0 Å². The summed E-state index contributed by atoms with van der Waals surface area (Å²) in [5.74, 6) is 0.238. The van der Waals surface area contributed by atoms with Crippen LogP contribution < -0.4 is 0 Å².